The number of hydrogen-bond donors (Lipinski definition) is 4. The molecule has 0 aromatic heterocycles. The lowest BCUT2D eigenvalue weighted by atomic mass is 9.82. The van der Waals surface area contributed by atoms with E-state index in [0.29, 0.717) is 0 Å². The minimum absolute atomic E-state index is 0.0174. The summed E-state index contributed by atoms with van der Waals surface area (Å²) >= 11 is 0. The van der Waals surface area contributed by atoms with Crippen LogP contribution >= 0.6 is 0 Å². The van der Waals surface area contributed by atoms with Crippen LogP contribution in [0.3, 0.4) is 0 Å². The maximum Gasteiger partial charge on any atom is 0.324 e. The van der Waals surface area contributed by atoms with E-state index in [2.05, 4.69) is 0 Å². The zero-order valence-corrected chi connectivity index (χ0v) is 14.3. The zero-order valence-electron chi connectivity index (χ0n) is 14.3. The van der Waals surface area contributed by atoms with E-state index in [1.54, 1.807) is 7.11 Å². The monoisotopic (exact) mass is 342 g/mol. The van der Waals surface area contributed by atoms with Gasteiger partial charge in [0, 0.05) is 13.0 Å². The van der Waals surface area contributed by atoms with Crippen molar-refractivity contribution in [1.29, 1.82) is 0 Å². The maximum absolute atomic E-state index is 10.7. The Morgan fingerprint density at radius 3 is 2.29 bits per heavy atom. The molecule has 2 rings (SSSR count). The molecule has 4 atom stereocenters. The minimum atomic E-state index is -0.922. The van der Waals surface area contributed by atoms with Crippen LogP contribution < -0.4 is 11.5 Å². The molecule has 0 aromatic carbocycles. The van der Waals surface area contributed by atoms with E-state index in [-0.39, 0.29) is 12.0 Å². The van der Waals surface area contributed by atoms with Gasteiger partial charge in [0.2, 0.25) is 0 Å². The molecule has 0 amide bonds. The third-order valence-electron chi connectivity index (χ3n) is 4.79. The third-order valence-corrected chi connectivity index (χ3v) is 4.79. The van der Waals surface area contributed by atoms with Crippen LogP contribution in [0.2, 0.25) is 0 Å². The average Bonchev–Trinajstić information content (AvgIpc) is 2.61. The Hall–Kier alpha value is -1.44. The molecule has 1 saturated carbocycles. The number of carbonyl (C=O) groups is 2. The number of methoxy groups -OCH3 is 1. The molecule has 0 saturated heterocycles. The van der Waals surface area contributed by atoms with Crippen LogP contribution in [-0.2, 0) is 14.3 Å². The van der Waals surface area contributed by atoms with Gasteiger partial charge < -0.3 is 26.4 Å². The van der Waals surface area contributed by atoms with Crippen molar-refractivity contribution in [2.75, 3.05) is 7.11 Å². The van der Waals surface area contributed by atoms with E-state index in [9.17, 15) is 9.59 Å². The Labute approximate surface area is 143 Å². The summed E-state index contributed by atoms with van der Waals surface area (Å²) in [5.74, 6) is -1.86. The van der Waals surface area contributed by atoms with Crippen LogP contribution in [0, 0.1) is 5.92 Å². The second kappa shape index (κ2) is 10.4. The van der Waals surface area contributed by atoms with Crippen molar-refractivity contribution in [3.05, 3.63) is 11.6 Å². The van der Waals surface area contributed by atoms with Crippen molar-refractivity contribution < 1.29 is 24.5 Å². The number of nitrogens with two attached hydrogens (primary N) is 2. The van der Waals surface area contributed by atoms with E-state index in [0.717, 1.165) is 56.9 Å². The van der Waals surface area contributed by atoms with E-state index < -0.39 is 24.0 Å². The van der Waals surface area contributed by atoms with Crippen molar-refractivity contribution >= 4 is 11.9 Å². The Balaban J connectivity index is 0.000000243. The smallest absolute Gasteiger partial charge is 0.324 e. The van der Waals surface area contributed by atoms with Gasteiger partial charge in [0.25, 0.3) is 0 Å². The largest absolute Gasteiger partial charge is 0.480 e. The molecular formula is C17H30N2O5. The predicted molar refractivity (Wildman–Crippen MR) is 90.5 cm³/mol. The zero-order chi connectivity index (χ0) is 18.1. The fourth-order valence-electron chi connectivity index (χ4n) is 3.32. The second-order valence-electron chi connectivity index (χ2n) is 6.43. The fraction of sp³-hybridized carbons (Fsp3) is 0.765. The lowest BCUT2D eigenvalue weighted by Gasteiger charge is -2.32. The molecule has 0 aliphatic heterocycles. The molecule has 0 bridgehead atoms. The van der Waals surface area contributed by atoms with Crippen LogP contribution in [0.4, 0.5) is 0 Å². The molecule has 138 valence electrons. The van der Waals surface area contributed by atoms with Gasteiger partial charge in [-0.05, 0) is 44.1 Å². The molecule has 6 N–H and O–H groups in total. The molecule has 24 heavy (non-hydrogen) atoms. The Morgan fingerprint density at radius 1 is 1.12 bits per heavy atom. The van der Waals surface area contributed by atoms with Crippen molar-refractivity contribution in [3.63, 3.8) is 0 Å². The minimum Gasteiger partial charge on any atom is -0.480 e. The van der Waals surface area contributed by atoms with E-state index in [1.807, 2.05) is 6.08 Å². The number of allylic oxidation sites excluding steroid dienone is 1. The van der Waals surface area contributed by atoms with Crippen LogP contribution in [0.25, 0.3) is 0 Å². The van der Waals surface area contributed by atoms with Crippen molar-refractivity contribution in [2.24, 2.45) is 17.4 Å². The first-order valence-electron chi connectivity index (χ1n) is 8.57. The number of aliphatic carboxylic acids is 2. The van der Waals surface area contributed by atoms with Crippen LogP contribution in [0.5, 0.6) is 0 Å². The predicted octanol–water partition coefficient (Wildman–Crippen LogP) is 1.50. The molecule has 2 aliphatic carbocycles. The van der Waals surface area contributed by atoms with Gasteiger partial charge in [-0.25, -0.2) is 0 Å². The standard InChI is InChI=1S/C9H17NO3.C8H13NO2/c1-13-7-5-3-2-4-6(7)8(10)9(11)12;9-7(8(10)11)6-4-2-1-3-5-6/h6-8H,2-5,10H2,1H3,(H,11,12);4,7H,1-3,5,9H2,(H,10,11). The van der Waals surface area contributed by atoms with Gasteiger partial charge in [-0.1, -0.05) is 18.9 Å². The van der Waals surface area contributed by atoms with Crippen molar-refractivity contribution in [2.45, 2.75) is 69.6 Å². The topological polar surface area (TPSA) is 136 Å². The number of carboxylic acids is 2. The number of hydrogen-bond acceptors (Lipinski definition) is 5. The Morgan fingerprint density at radius 2 is 1.79 bits per heavy atom. The molecule has 0 aromatic rings. The van der Waals surface area contributed by atoms with E-state index in [4.69, 9.17) is 26.4 Å². The molecular weight excluding hydrogens is 312 g/mol. The van der Waals surface area contributed by atoms with E-state index in [1.165, 1.54) is 0 Å². The van der Waals surface area contributed by atoms with Gasteiger partial charge in [0.1, 0.15) is 12.1 Å². The highest BCUT2D eigenvalue weighted by molar-refractivity contribution is 5.77. The first-order chi connectivity index (χ1) is 11.4. The van der Waals surface area contributed by atoms with Crippen LogP contribution in [-0.4, -0.2) is 47.4 Å². The summed E-state index contributed by atoms with van der Waals surface area (Å²) in [6.45, 7) is 0. The Bertz CT molecular complexity index is 452. The Kier molecular flexibility index (Phi) is 8.95. The average molecular weight is 342 g/mol. The summed E-state index contributed by atoms with van der Waals surface area (Å²) in [5.41, 5.74) is 11.9. The highest BCUT2D eigenvalue weighted by atomic mass is 16.5. The summed E-state index contributed by atoms with van der Waals surface area (Å²) < 4.78 is 5.23. The summed E-state index contributed by atoms with van der Waals surface area (Å²) in [7, 11) is 1.62. The normalized spacial score (nSPS) is 26.4. The van der Waals surface area contributed by atoms with Crippen LogP contribution in [0.1, 0.15) is 51.4 Å². The van der Waals surface area contributed by atoms with Crippen molar-refractivity contribution in [1.82, 2.24) is 0 Å². The maximum atomic E-state index is 10.7. The van der Waals surface area contributed by atoms with Gasteiger partial charge in [0.05, 0.1) is 6.10 Å². The summed E-state index contributed by atoms with van der Waals surface area (Å²) in [4.78, 5) is 21.1. The molecule has 7 nitrogen and oxygen atoms in total. The van der Waals surface area contributed by atoms with Gasteiger partial charge in [-0.3, -0.25) is 9.59 Å². The lowest BCUT2D eigenvalue weighted by Crippen LogP contribution is -2.45. The summed E-state index contributed by atoms with van der Waals surface area (Å²) in [5, 5.41) is 17.3. The summed E-state index contributed by atoms with van der Waals surface area (Å²) in [6.07, 6.45) is 10.0. The molecule has 7 heteroatoms. The van der Waals surface area contributed by atoms with Gasteiger partial charge in [-0.15, -0.1) is 0 Å². The number of rotatable bonds is 5. The molecule has 4 unspecified atom stereocenters. The number of ether oxygens (including phenoxy) is 1. The lowest BCUT2D eigenvalue weighted by molar-refractivity contribution is -0.142. The third kappa shape index (κ3) is 6.22. The molecule has 1 fully saturated rings. The first-order valence-corrected chi connectivity index (χ1v) is 8.57. The summed E-state index contributed by atoms with van der Waals surface area (Å²) in [6, 6.07) is -1.54. The second-order valence-corrected chi connectivity index (χ2v) is 6.43. The molecule has 0 heterocycles. The van der Waals surface area contributed by atoms with Gasteiger partial charge >= 0.3 is 11.9 Å². The SMILES string of the molecule is COC1CCCCC1C(N)C(=O)O.NC(C(=O)O)C1=CCCCC1. The van der Waals surface area contributed by atoms with Crippen molar-refractivity contribution in [3.8, 4) is 0 Å². The van der Waals surface area contributed by atoms with Gasteiger partial charge in [0.15, 0.2) is 0 Å². The van der Waals surface area contributed by atoms with E-state index >= 15 is 0 Å². The first kappa shape index (κ1) is 20.6. The molecule has 0 radical (unpaired) electrons. The van der Waals surface area contributed by atoms with Gasteiger partial charge in [-0.2, -0.15) is 0 Å². The fourth-order valence-corrected chi connectivity index (χ4v) is 3.32. The highest BCUT2D eigenvalue weighted by Gasteiger charge is 2.33. The van der Waals surface area contributed by atoms with Crippen LogP contribution in [0.15, 0.2) is 11.6 Å². The highest BCUT2D eigenvalue weighted by Crippen LogP contribution is 2.28. The number of carboxylic acid groups (broad SMARTS) is 2. The molecule has 2 aliphatic rings. The quantitative estimate of drug-likeness (QED) is 0.556. The molecule has 0 spiro atoms.